The van der Waals surface area contributed by atoms with Crippen LogP contribution in [0.15, 0.2) is 47.6 Å². The number of halogens is 3. The van der Waals surface area contributed by atoms with Crippen LogP contribution in [-0.4, -0.2) is 35.6 Å². The van der Waals surface area contributed by atoms with E-state index in [2.05, 4.69) is 15.4 Å². The molecule has 2 aromatic carbocycles. The molecule has 0 saturated carbocycles. The minimum Gasteiger partial charge on any atom is -0.387 e. The number of anilines is 2. The fourth-order valence-corrected chi connectivity index (χ4v) is 4.17. The van der Waals surface area contributed by atoms with Gasteiger partial charge in [0.15, 0.2) is 10.9 Å². The molecule has 0 aromatic heterocycles. The van der Waals surface area contributed by atoms with Crippen molar-refractivity contribution in [1.82, 2.24) is 0 Å². The molecule has 2 atom stereocenters. The van der Waals surface area contributed by atoms with E-state index in [-0.39, 0.29) is 12.1 Å². The molecule has 9 heteroatoms. The van der Waals surface area contributed by atoms with E-state index >= 15 is 0 Å². The number of alkyl halides is 2. The second-order valence-electron chi connectivity index (χ2n) is 7.38. The molecule has 1 fully saturated rings. The molecule has 2 aliphatic rings. The fraction of sp³-hybridized carbons (Fsp3) is 0.333. The van der Waals surface area contributed by atoms with Gasteiger partial charge in [-0.15, -0.1) is 0 Å². The maximum atomic E-state index is 11.7. The van der Waals surface area contributed by atoms with Crippen LogP contribution in [0.4, 0.5) is 11.4 Å². The summed E-state index contributed by atoms with van der Waals surface area (Å²) in [5, 5.41) is 7.64. The monoisotopic (exact) mass is 466 g/mol. The Hall–Kier alpha value is -1.99. The molecule has 0 bridgehead atoms. The lowest BCUT2D eigenvalue weighted by Gasteiger charge is -2.22. The van der Waals surface area contributed by atoms with Crippen LogP contribution in [0.3, 0.4) is 0 Å². The Morgan fingerprint density at radius 1 is 1.27 bits per heavy atom. The number of benzene rings is 2. The van der Waals surface area contributed by atoms with Crippen LogP contribution in [0.5, 0.6) is 0 Å². The molecular formula is C21H21Cl3N4O2. The number of rotatable bonds is 5. The van der Waals surface area contributed by atoms with Crippen LogP contribution in [0.25, 0.3) is 0 Å². The summed E-state index contributed by atoms with van der Waals surface area (Å²) in [6, 6.07) is 13.3. The van der Waals surface area contributed by atoms with Crippen LogP contribution in [-0.2, 0) is 9.63 Å². The zero-order valence-corrected chi connectivity index (χ0v) is 18.3. The third-order valence-electron chi connectivity index (χ3n) is 5.24. The van der Waals surface area contributed by atoms with Gasteiger partial charge in [0.25, 0.3) is 5.91 Å². The van der Waals surface area contributed by atoms with Crippen molar-refractivity contribution < 1.29 is 9.63 Å². The minimum absolute atomic E-state index is 0.157. The van der Waals surface area contributed by atoms with Crippen molar-refractivity contribution in [2.45, 2.75) is 29.8 Å². The smallest absolute Gasteiger partial charge is 0.257 e. The Balaban J connectivity index is 1.54. The quantitative estimate of drug-likeness (QED) is 0.635. The zero-order valence-electron chi connectivity index (χ0n) is 16.0. The van der Waals surface area contributed by atoms with Gasteiger partial charge >= 0.3 is 0 Å². The number of oxime groups is 1. The average molecular weight is 468 g/mol. The topological polar surface area (TPSA) is 79.9 Å². The number of carbonyl (C=O) groups is 1. The summed E-state index contributed by atoms with van der Waals surface area (Å²) in [6.07, 6.45) is 1.22. The summed E-state index contributed by atoms with van der Waals surface area (Å²) in [4.78, 5) is 18.6. The standard InChI is InChI=1S/C21H21Cl3N4O2/c22-15-5-2-6-17(28-8-7-13(25)11-28)19(15)16-10-18(30-27-16)12-3-1-4-14(9-12)26-21(29)20(23)24/h1-6,9,13,18,20H,7-8,10-11,25H2,(H,26,29)/t13-,18?/m0/s1. The number of carbonyl (C=O) groups excluding carboxylic acids is 1. The van der Waals surface area contributed by atoms with Gasteiger partial charge in [-0.25, -0.2) is 0 Å². The summed E-state index contributed by atoms with van der Waals surface area (Å²) in [6.45, 7) is 1.67. The number of nitrogens with zero attached hydrogens (tertiary/aromatic N) is 2. The molecule has 4 rings (SSSR count). The van der Waals surface area contributed by atoms with E-state index in [0.29, 0.717) is 17.1 Å². The molecule has 0 radical (unpaired) electrons. The molecule has 158 valence electrons. The van der Waals surface area contributed by atoms with E-state index < -0.39 is 10.7 Å². The van der Waals surface area contributed by atoms with Crippen LogP contribution >= 0.6 is 34.8 Å². The van der Waals surface area contributed by atoms with E-state index in [9.17, 15) is 4.79 Å². The van der Waals surface area contributed by atoms with Crippen LogP contribution < -0.4 is 16.0 Å². The van der Waals surface area contributed by atoms with Gasteiger partial charge in [-0.2, -0.15) is 0 Å². The summed E-state index contributed by atoms with van der Waals surface area (Å²) in [5.41, 5.74) is 10.3. The average Bonchev–Trinajstić information content (AvgIpc) is 3.37. The van der Waals surface area contributed by atoms with Gasteiger partial charge in [-0.1, -0.05) is 58.2 Å². The molecule has 0 spiro atoms. The summed E-state index contributed by atoms with van der Waals surface area (Å²) >= 11 is 17.8. The van der Waals surface area contributed by atoms with Gasteiger partial charge in [0.05, 0.1) is 10.7 Å². The minimum atomic E-state index is -1.14. The molecule has 30 heavy (non-hydrogen) atoms. The van der Waals surface area contributed by atoms with Crippen molar-refractivity contribution >= 4 is 57.8 Å². The SMILES string of the molecule is N[C@H]1CCN(c2cccc(Cl)c2C2=NOC(c3cccc(NC(=O)C(Cl)Cl)c3)C2)C1. The molecular weight excluding hydrogens is 447 g/mol. The van der Waals surface area contributed by atoms with Crippen LogP contribution in [0.2, 0.25) is 5.02 Å². The van der Waals surface area contributed by atoms with Crippen molar-refractivity contribution in [3.8, 4) is 0 Å². The second kappa shape index (κ2) is 9.02. The first-order chi connectivity index (χ1) is 14.4. The molecule has 3 N–H and O–H groups in total. The molecule has 2 aliphatic heterocycles. The Bertz CT molecular complexity index is 982. The first-order valence-corrected chi connectivity index (χ1v) is 10.9. The van der Waals surface area contributed by atoms with E-state index in [1.165, 1.54) is 0 Å². The third kappa shape index (κ3) is 4.52. The van der Waals surface area contributed by atoms with Crippen molar-refractivity contribution in [2.75, 3.05) is 23.3 Å². The first-order valence-electron chi connectivity index (χ1n) is 9.63. The number of hydrogen-bond acceptors (Lipinski definition) is 5. The van der Waals surface area contributed by atoms with Gasteiger partial charge in [0.1, 0.15) is 0 Å². The van der Waals surface area contributed by atoms with E-state index in [1.807, 2.05) is 36.4 Å². The lowest BCUT2D eigenvalue weighted by atomic mass is 9.98. The van der Waals surface area contributed by atoms with Crippen molar-refractivity contribution in [1.29, 1.82) is 0 Å². The van der Waals surface area contributed by atoms with Gasteiger partial charge in [-0.3, -0.25) is 4.79 Å². The predicted octanol–water partition coefficient (Wildman–Crippen LogP) is 4.49. The third-order valence-corrected chi connectivity index (χ3v) is 5.95. The predicted molar refractivity (Wildman–Crippen MR) is 122 cm³/mol. The number of nitrogens with one attached hydrogen (secondary N) is 1. The summed E-state index contributed by atoms with van der Waals surface area (Å²) in [7, 11) is 0. The van der Waals surface area contributed by atoms with Gasteiger partial charge < -0.3 is 20.8 Å². The Morgan fingerprint density at radius 3 is 2.80 bits per heavy atom. The maximum absolute atomic E-state index is 11.7. The molecule has 1 unspecified atom stereocenters. The highest BCUT2D eigenvalue weighted by Crippen LogP contribution is 2.37. The van der Waals surface area contributed by atoms with Gasteiger partial charge in [0, 0.05) is 42.5 Å². The highest BCUT2D eigenvalue weighted by atomic mass is 35.5. The molecule has 1 amide bonds. The van der Waals surface area contributed by atoms with Crippen molar-refractivity contribution in [2.24, 2.45) is 10.9 Å². The first kappa shape index (κ1) is 21.2. The number of amides is 1. The lowest BCUT2D eigenvalue weighted by Crippen LogP contribution is -2.27. The zero-order chi connectivity index (χ0) is 21.3. The maximum Gasteiger partial charge on any atom is 0.257 e. The fourth-order valence-electron chi connectivity index (χ4n) is 3.79. The largest absolute Gasteiger partial charge is 0.387 e. The Labute approximate surface area is 189 Å². The molecule has 0 aliphatic carbocycles. The highest BCUT2D eigenvalue weighted by Gasteiger charge is 2.30. The normalized spacial score (nSPS) is 21.0. The Morgan fingerprint density at radius 2 is 2.07 bits per heavy atom. The number of nitrogens with two attached hydrogens (primary N) is 1. The molecule has 2 aromatic rings. The molecule has 2 heterocycles. The van der Waals surface area contributed by atoms with E-state index in [0.717, 1.165) is 42.0 Å². The van der Waals surface area contributed by atoms with Crippen LogP contribution in [0, 0.1) is 0 Å². The summed E-state index contributed by atoms with van der Waals surface area (Å²) in [5.74, 6) is -0.482. The van der Waals surface area contributed by atoms with Gasteiger partial charge in [0.2, 0.25) is 0 Å². The molecule has 6 nitrogen and oxygen atoms in total. The Kier molecular flexibility index (Phi) is 6.39. The van der Waals surface area contributed by atoms with Gasteiger partial charge in [-0.05, 0) is 36.2 Å². The van der Waals surface area contributed by atoms with Crippen LogP contribution in [0.1, 0.15) is 30.1 Å². The van der Waals surface area contributed by atoms with E-state index in [4.69, 9.17) is 45.4 Å². The summed E-state index contributed by atoms with van der Waals surface area (Å²) < 4.78 is 0. The van der Waals surface area contributed by atoms with Crippen molar-refractivity contribution in [3.05, 3.63) is 58.6 Å². The number of hydrogen-bond donors (Lipinski definition) is 2. The van der Waals surface area contributed by atoms with E-state index in [1.54, 1.807) is 6.07 Å². The van der Waals surface area contributed by atoms with Crippen molar-refractivity contribution in [3.63, 3.8) is 0 Å². The second-order valence-corrected chi connectivity index (χ2v) is 8.88. The molecule has 1 saturated heterocycles. The lowest BCUT2D eigenvalue weighted by molar-refractivity contribution is -0.114. The highest BCUT2D eigenvalue weighted by molar-refractivity contribution is 6.54.